The number of aryl methyl sites for hydroxylation is 1. The lowest BCUT2D eigenvalue weighted by Crippen LogP contribution is -2.39. The molecule has 1 aliphatic rings. The number of halogens is 1. The normalized spacial score (nSPS) is 15.5. The summed E-state index contributed by atoms with van der Waals surface area (Å²) in [5, 5.41) is 0.653. The largest absolute Gasteiger partial charge is 0.444 e. The SMILES string of the molecule is Cc1cc(C2=CCN(C(=O)OC(C)(C)C)CC2)c(Cl)cc1N. The number of nitrogens with two attached hydrogens (primary N) is 1. The number of nitrogens with zero attached hydrogens (tertiary/aromatic N) is 1. The van der Waals surface area contributed by atoms with Crippen LogP contribution in [-0.2, 0) is 4.74 Å². The second-order valence-electron chi connectivity index (χ2n) is 6.59. The summed E-state index contributed by atoms with van der Waals surface area (Å²) in [6, 6.07) is 3.79. The van der Waals surface area contributed by atoms with Crippen molar-refractivity contribution in [2.45, 2.75) is 39.7 Å². The molecule has 0 unspecified atom stereocenters. The number of carbonyl (C=O) groups excluding carboxylic acids is 1. The topological polar surface area (TPSA) is 55.6 Å². The molecule has 4 nitrogen and oxygen atoms in total. The van der Waals surface area contributed by atoms with Gasteiger partial charge < -0.3 is 15.4 Å². The van der Waals surface area contributed by atoms with E-state index in [1.54, 1.807) is 11.0 Å². The molecule has 0 bridgehead atoms. The minimum Gasteiger partial charge on any atom is -0.444 e. The van der Waals surface area contributed by atoms with E-state index in [0.29, 0.717) is 23.8 Å². The van der Waals surface area contributed by atoms with Gasteiger partial charge in [0.2, 0.25) is 0 Å². The Bertz CT molecular complexity index is 618. The third kappa shape index (κ3) is 3.95. The van der Waals surface area contributed by atoms with Crippen LogP contribution in [-0.4, -0.2) is 29.7 Å². The second-order valence-corrected chi connectivity index (χ2v) is 7.00. The van der Waals surface area contributed by atoms with Crippen LogP contribution in [0.1, 0.15) is 38.3 Å². The Kier molecular flexibility index (Phi) is 4.71. The summed E-state index contributed by atoms with van der Waals surface area (Å²) in [5.74, 6) is 0. The molecular formula is C17H23ClN2O2. The van der Waals surface area contributed by atoms with Crippen LogP contribution in [0.3, 0.4) is 0 Å². The van der Waals surface area contributed by atoms with Gasteiger partial charge in [-0.05, 0) is 62.9 Å². The maximum absolute atomic E-state index is 12.1. The lowest BCUT2D eigenvalue weighted by Gasteiger charge is -2.30. The van der Waals surface area contributed by atoms with Gasteiger partial charge in [0.25, 0.3) is 0 Å². The van der Waals surface area contributed by atoms with Crippen molar-refractivity contribution in [3.05, 3.63) is 34.4 Å². The molecule has 1 aromatic carbocycles. The summed E-state index contributed by atoms with van der Waals surface area (Å²) in [4.78, 5) is 13.8. The number of benzene rings is 1. The van der Waals surface area contributed by atoms with E-state index in [1.807, 2.05) is 39.8 Å². The van der Waals surface area contributed by atoms with Gasteiger partial charge >= 0.3 is 6.09 Å². The van der Waals surface area contributed by atoms with Crippen molar-refractivity contribution in [1.29, 1.82) is 0 Å². The molecule has 0 saturated carbocycles. The predicted molar refractivity (Wildman–Crippen MR) is 91.0 cm³/mol. The fraction of sp³-hybridized carbons (Fsp3) is 0.471. The Morgan fingerprint density at radius 1 is 1.36 bits per heavy atom. The molecule has 2 rings (SSSR count). The molecule has 0 radical (unpaired) electrons. The number of hydrogen-bond donors (Lipinski definition) is 1. The first kappa shape index (κ1) is 16.7. The molecular weight excluding hydrogens is 300 g/mol. The smallest absolute Gasteiger partial charge is 0.410 e. The van der Waals surface area contributed by atoms with Gasteiger partial charge in [-0.3, -0.25) is 0 Å². The highest BCUT2D eigenvalue weighted by molar-refractivity contribution is 6.32. The van der Waals surface area contributed by atoms with Crippen molar-refractivity contribution in [2.75, 3.05) is 18.8 Å². The van der Waals surface area contributed by atoms with E-state index in [1.165, 1.54) is 0 Å². The first-order valence-corrected chi connectivity index (χ1v) is 7.78. The van der Waals surface area contributed by atoms with E-state index in [0.717, 1.165) is 23.1 Å². The average molecular weight is 323 g/mol. The number of amides is 1. The van der Waals surface area contributed by atoms with Crippen LogP contribution in [0.2, 0.25) is 5.02 Å². The van der Waals surface area contributed by atoms with Crippen molar-refractivity contribution >= 4 is 29.0 Å². The minimum atomic E-state index is -0.474. The molecule has 0 spiro atoms. The fourth-order valence-electron chi connectivity index (χ4n) is 2.35. The molecule has 0 aliphatic carbocycles. The van der Waals surface area contributed by atoms with Crippen molar-refractivity contribution in [3.63, 3.8) is 0 Å². The van der Waals surface area contributed by atoms with Gasteiger partial charge in [0, 0.05) is 18.8 Å². The van der Waals surface area contributed by atoms with Crippen LogP contribution in [0.15, 0.2) is 18.2 Å². The van der Waals surface area contributed by atoms with Gasteiger partial charge in [-0.25, -0.2) is 4.79 Å². The first-order valence-electron chi connectivity index (χ1n) is 7.40. The van der Waals surface area contributed by atoms with Crippen LogP contribution in [0.4, 0.5) is 10.5 Å². The molecule has 1 aliphatic heterocycles. The minimum absolute atomic E-state index is 0.276. The summed E-state index contributed by atoms with van der Waals surface area (Å²) in [7, 11) is 0. The highest BCUT2D eigenvalue weighted by Gasteiger charge is 2.24. The summed E-state index contributed by atoms with van der Waals surface area (Å²) < 4.78 is 5.39. The Balaban J connectivity index is 2.12. The van der Waals surface area contributed by atoms with Gasteiger partial charge in [0.05, 0.1) is 5.02 Å². The Morgan fingerprint density at radius 3 is 2.59 bits per heavy atom. The van der Waals surface area contributed by atoms with Gasteiger partial charge in [-0.15, -0.1) is 0 Å². The van der Waals surface area contributed by atoms with Crippen LogP contribution < -0.4 is 5.73 Å². The molecule has 1 heterocycles. The third-order valence-electron chi connectivity index (χ3n) is 3.56. The highest BCUT2D eigenvalue weighted by atomic mass is 35.5. The Labute approximate surface area is 136 Å². The highest BCUT2D eigenvalue weighted by Crippen LogP contribution is 2.32. The van der Waals surface area contributed by atoms with Crippen molar-refractivity contribution < 1.29 is 9.53 Å². The molecule has 0 saturated heterocycles. The number of rotatable bonds is 1. The van der Waals surface area contributed by atoms with E-state index in [4.69, 9.17) is 22.1 Å². The van der Waals surface area contributed by atoms with Crippen molar-refractivity contribution in [2.24, 2.45) is 0 Å². The Morgan fingerprint density at radius 2 is 2.05 bits per heavy atom. The van der Waals surface area contributed by atoms with Gasteiger partial charge in [0.1, 0.15) is 5.60 Å². The van der Waals surface area contributed by atoms with Crippen LogP contribution >= 0.6 is 11.6 Å². The molecule has 2 N–H and O–H groups in total. The van der Waals surface area contributed by atoms with Crippen LogP contribution in [0, 0.1) is 6.92 Å². The number of anilines is 1. The van der Waals surface area contributed by atoms with Gasteiger partial charge in [-0.1, -0.05) is 17.7 Å². The zero-order valence-electron chi connectivity index (χ0n) is 13.6. The fourth-order valence-corrected chi connectivity index (χ4v) is 2.64. The Hall–Kier alpha value is -1.68. The number of carbonyl (C=O) groups is 1. The molecule has 1 aromatic rings. The molecule has 1 amide bonds. The second kappa shape index (κ2) is 6.21. The standard InChI is InChI=1S/C17H23ClN2O2/c1-11-9-13(14(18)10-15(11)19)12-5-7-20(8-6-12)16(21)22-17(2,3)4/h5,9-10H,6-8,19H2,1-4H3. The summed E-state index contributed by atoms with van der Waals surface area (Å²) in [6.45, 7) is 8.73. The van der Waals surface area contributed by atoms with Crippen LogP contribution in [0.5, 0.6) is 0 Å². The molecule has 0 fully saturated rings. The van der Waals surface area contributed by atoms with Crippen molar-refractivity contribution in [3.8, 4) is 0 Å². The lowest BCUT2D eigenvalue weighted by molar-refractivity contribution is 0.0270. The van der Waals surface area contributed by atoms with Gasteiger partial charge in [0.15, 0.2) is 0 Å². The molecule has 120 valence electrons. The maximum atomic E-state index is 12.1. The summed E-state index contributed by atoms with van der Waals surface area (Å²) >= 11 is 6.29. The lowest BCUT2D eigenvalue weighted by atomic mass is 9.97. The van der Waals surface area contributed by atoms with E-state index >= 15 is 0 Å². The third-order valence-corrected chi connectivity index (χ3v) is 3.88. The number of hydrogen-bond acceptors (Lipinski definition) is 3. The van der Waals surface area contributed by atoms with E-state index < -0.39 is 5.60 Å². The number of nitrogen functional groups attached to an aromatic ring is 1. The maximum Gasteiger partial charge on any atom is 0.410 e. The quantitative estimate of drug-likeness (QED) is 0.786. The first-order chi connectivity index (χ1) is 10.2. The zero-order valence-corrected chi connectivity index (χ0v) is 14.3. The monoisotopic (exact) mass is 322 g/mol. The predicted octanol–water partition coefficient (Wildman–Crippen LogP) is 4.25. The van der Waals surface area contributed by atoms with Crippen LogP contribution in [0.25, 0.3) is 5.57 Å². The zero-order chi connectivity index (χ0) is 16.5. The summed E-state index contributed by atoms with van der Waals surface area (Å²) in [6.07, 6.45) is 2.51. The summed E-state index contributed by atoms with van der Waals surface area (Å²) in [5.41, 5.74) is 9.24. The van der Waals surface area contributed by atoms with Crippen molar-refractivity contribution in [1.82, 2.24) is 4.90 Å². The molecule has 22 heavy (non-hydrogen) atoms. The van der Waals surface area contributed by atoms with E-state index in [9.17, 15) is 4.79 Å². The molecule has 0 atom stereocenters. The van der Waals surface area contributed by atoms with Gasteiger partial charge in [-0.2, -0.15) is 0 Å². The molecule has 5 heteroatoms. The number of ether oxygens (including phenoxy) is 1. The molecule has 0 aromatic heterocycles. The van der Waals surface area contributed by atoms with E-state index in [2.05, 4.69) is 0 Å². The van der Waals surface area contributed by atoms with E-state index in [-0.39, 0.29) is 6.09 Å². The average Bonchev–Trinajstić information content (AvgIpc) is 2.41.